The Balaban J connectivity index is 1.69. The van der Waals surface area contributed by atoms with E-state index in [9.17, 15) is 14.4 Å². The van der Waals surface area contributed by atoms with Crippen LogP contribution >= 0.6 is 0 Å². The third kappa shape index (κ3) is 2.93. The van der Waals surface area contributed by atoms with Crippen molar-refractivity contribution in [1.82, 2.24) is 9.80 Å². The summed E-state index contributed by atoms with van der Waals surface area (Å²) in [7, 11) is 0. The smallest absolute Gasteiger partial charge is 0.315 e. The molecule has 1 aromatic carbocycles. The zero-order valence-electron chi connectivity index (χ0n) is 13.8. The predicted molar refractivity (Wildman–Crippen MR) is 89.4 cm³/mol. The molecule has 24 heavy (non-hydrogen) atoms. The van der Waals surface area contributed by atoms with E-state index in [2.05, 4.69) is 0 Å². The van der Waals surface area contributed by atoms with Gasteiger partial charge in [-0.3, -0.25) is 9.59 Å². The van der Waals surface area contributed by atoms with E-state index in [1.807, 2.05) is 31.2 Å². The molecule has 0 bridgehead atoms. The number of hydrogen-bond donors (Lipinski definition) is 1. The Morgan fingerprint density at radius 2 is 1.92 bits per heavy atom. The van der Waals surface area contributed by atoms with Crippen LogP contribution in [0.3, 0.4) is 0 Å². The average Bonchev–Trinajstić information content (AvgIpc) is 3.05. The summed E-state index contributed by atoms with van der Waals surface area (Å²) in [5.41, 5.74) is 7.25. The number of primary amides is 1. The van der Waals surface area contributed by atoms with Crippen molar-refractivity contribution < 1.29 is 14.4 Å². The molecule has 2 saturated heterocycles. The molecule has 7 nitrogen and oxygen atoms in total. The van der Waals surface area contributed by atoms with Gasteiger partial charge in [-0.15, -0.1) is 0 Å². The first-order valence-corrected chi connectivity index (χ1v) is 8.20. The lowest BCUT2D eigenvalue weighted by molar-refractivity contribution is -0.139. The second kappa shape index (κ2) is 6.51. The molecule has 1 aromatic rings. The lowest BCUT2D eigenvalue weighted by Crippen LogP contribution is -2.57. The van der Waals surface area contributed by atoms with Gasteiger partial charge in [-0.25, -0.2) is 4.79 Å². The second-order valence-corrected chi connectivity index (χ2v) is 6.28. The number of likely N-dealkylation sites (tertiary alicyclic amines) is 1. The molecule has 1 atom stereocenters. The number of piperazine rings is 1. The van der Waals surface area contributed by atoms with Crippen LogP contribution in [0.5, 0.6) is 0 Å². The molecule has 128 valence electrons. The summed E-state index contributed by atoms with van der Waals surface area (Å²) in [6.45, 7) is 3.42. The molecule has 2 N–H and O–H groups in total. The first kappa shape index (κ1) is 16.3. The average molecular weight is 330 g/mol. The number of carbonyl (C=O) groups excluding carboxylic acids is 3. The van der Waals surface area contributed by atoms with Crippen molar-refractivity contribution in [2.24, 2.45) is 5.73 Å². The number of carbonyl (C=O) groups is 3. The molecule has 7 heteroatoms. The summed E-state index contributed by atoms with van der Waals surface area (Å²) in [4.78, 5) is 41.3. The maximum Gasteiger partial charge on any atom is 0.315 e. The van der Waals surface area contributed by atoms with Crippen molar-refractivity contribution >= 4 is 23.5 Å². The number of anilines is 1. The molecular weight excluding hydrogens is 308 g/mol. The number of hydrogen-bond acceptors (Lipinski definition) is 3. The van der Waals surface area contributed by atoms with Gasteiger partial charge < -0.3 is 20.4 Å². The number of nitrogens with zero attached hydrogens (tertiary/aromatic N) is 3. The Labute approximate surface area is 141 Å². The lowest BCUT2D eigenvalue weighted by atomic mass is 10.1. The van der Waals surface area contributed by atoms with Crippen LogP contribution in [-0.4, -0.2) is 59.9 Å². The van der Waals surface area contributed by atoms with E-state index in [0.29, 0.717) is 26.1 Å². The Kier molecular flexibility index (Phi) is 4.42. The predicted octanol–water partition coefficient (Wildman–Crippen LogP) is 0.713. The molecule has 0 aliphatic carbocycles. The van der Waals surface area contributed by atoms with E-state index in [1.54, 1.807) is 9.80 Å². The number of urea groups is 1. The highest BCUT2D eigenvalue weighted by atomic mass is 16.2. The van der Waals surface area contributed by atoms with E-state index in [-0.39, 0.29) is 18.4 Å². The van der Waals surface area contributed by atoms with Gasteiger partial charge in [0.05, 0.1) is 0 Å². The van der Waals surface area contributed by atoms with E-state index in [0.717, 1.165) is 17.7 Å². The minimum Gasteiger partial charge on any atom is -0.351 e. The minimum absolute atomic E-state index is 0.0380. The largest absolute Gasteiger partial charge is 0.351 e. The summed E-state index contributed by atoms with van der Waals surface area (Å²) in [5.74, 6) is -0.281. The van der Waals surface area contributed by atoms with Gasteiger partial charge in [0, 0.05) is 25.3 Å². The molecule has 0 unspecified atom stereocenters. The summed E-state index contributed by atoms with van der Waals surface area (Å²) in [5, 5.41) is 0. The summed E-state index contributed by atoms with van der Waals surface area (Å²) in [6.07, 6.45) is 1.37. The Morgan fingerprint density at radius 3 is 2.58 bits per heavy atom. The second-order valence-electron chi connectivity index (χ2n) is 6.28. The zero-order valence-corrected chi connectivity index (χ0v) is 13.8. The molecule has 0 saturated carbocycles. The van der Waals surface area contributed by atoms with Crippen molar-refractivity contribution in [2.75, 3.05) is 31.1 Å². The standard InChI is InChI=1S/C17H22N4O3/c1-12-5-2-3-6-13(12)20-10-9-19(11-15(20)22)16(23)14-7-4-8-21(14)17(18)24/h2-3,5-6,14H,4,7-11H2,1H3,(H2,18,24)/t14-/m0/s1. The van der Waals surface area contributed by atoms with Crippen LogP contribution in [0.25, 0.3) is 0 Å². The Bertz CT molecular complexity index is 676. The van der Waals surface area contributed by atoms with Gasteiger partial charge in [0.25, 0.3) is 0 Å². The van der Waals surface area contributed by atoms with Gasteiger partial charge in [0.2, 0.25) is 11.8 Å². The first-order chi connectivity index (χ1) is 11.5. The number of rotatable bonds is 2. The molecule has 0 spiro atoms. The quantitative estimate of drug-likeness (QED) is 0.866. The Hall–Kier alpha value is -2.57. The van der Waals surface area contributed by atoms with Gasteiger partial charge in [-0.1, -0.05) is 18.2 Å². The molecule has 2 fully saturated rings. The molecule has 0 aromatic heterocycles. The van der Waals surface area contributed by atoms with E-state index in [1.165, 1.54) is 4.90 Å². The van der Waals surface area contributed by atoms with Gasteiger partial charge >= 0.3 is 6.03 Å². The van der Waals surface area contributed by atoms with Crippen LogP contribution in [0.15, 0.2) is 24.3 Å². The van der Waals surface area contributed by atoms with Crippen LogP contribution in [0.2, 0.25) is 0 Å². The number of para-hydroxylation sites is 1. The maximum absolute atomic E-state index is 12.7. The van der Waals surface area contributed by atoms with Gasteiger partial charge in [-0.05, 0) is 31.4 Å². The highest BCUT2D eigenvalue weighted by molar-refractivity contribution is 5.99. The van der Waals surface area contributed by atoms with E-state index < -0.39 is 12.1 Å². The lowest BCUT2D eigenvalue weighted by Gasteiger charge is -2.37. The minimum atomic E-state index is -0.573. The SMILES string of the molecule is Cc1ccccc1N1CCN(C(=O)[C@@H]2CCCN2C(N)=O)CC1=O. The molecule has 3 rings (SSSR count). The summed E-state index contributed by atoms with van der Waals surface area (Å²) >= 11 is 0. The van der Waals surface area contributed by atoms with E-state index in [4.69, 9.17) is 5.73 Å². The number of nitrogens with two attached hydrogens (primary N) is 1. The highest BCUT2D eigenvalue weighted by Crippen LogP contribution is 2.24. The normalized spacial score (nSPS) is 21.3. The fourth-order valence-corrected chi connectivity index (χ4v) is 3.48. The molecule has 2 aliphatic rings. The van der Waals surface area contributed by atoms with E-state index >= 15 is 0 Å². The monoisotopic (exact) mass is 330 g/mol. The van der Waals surface area contributed by atoms with Crippen LogP contribution < -0.4 is 10.6 Å². The number of amides is 4. The Morgan fingerprint density at radius 1 is 1.17 bits per heavy atom. The van der Waals surface area contributed by atoms with Crippen molar-refractivity contribution in [3.05, 3.63) is 29.8 Å². The van der Waals surface area contributed by atoms with Gasteiger partial charge in [0.15, 0.2) is 0 Å². The third-order valence-electron chi connectivity index (χ3n) is 4.76. The van der Waals surface area contributed by atoms with Crippen LogP contribution in [-0.2, 0) is 9.59 Å². The van der Waals surface area contributed by atoms with Crippen molar-refractivity contribution in [3.8, 4) is 0 Å². The molecule has 0 radical (unpaired) electrons. The third-order valence-corrected chi connectivity index (χ3v) is 4.76. The number of aryl methyl sites for hydroxylation is 1. The molecular formula is C17H22N4O3. The van der Waals surface area contributed by atoms with Crippen molar-refractivity contribution in [2.45, 2.75) is 25.8 Å². The summed E-state index contributed by atoms with van der Waals surface area (Å²) < 4.78 is 0. The molecule has 2 heterocycles. The fourth-order valence-electron chi connectivity index (χ4n) is 3.48. The molecule has 2 aliphatic heterocycles. The van der Waals surface area contributed by atoms with Crippen LogP contribution in [0.1, 0.15) is 18.4 Å². The van der Waals surface area contributed by atoms with Crippen molar-refractivity contribution in [3.63, 3.8) is 0 Å². The van der Waals surface area contributed by atoms with Gasteiger partial charge in [0.1, 0.15) is 12.6 Å². The van der Waals surface area contributed by atoms with Crippen LogP contribution in [0.4, 0.5) is 10.5 Å². The maximum atomic E-state index is 12.7. The van der Waals surface area contributed by atoms with Crippen LogP contribution in [0, 0.1) is 6.92 Å². The fraction of sp³-hybridized carbons (Fsp3) is 0.471. The summed E-state index contributed by atoms with van der Waals surface area (Å²) in [6, 6.07) is 6.61. The number of benzene rings is 1. The zero-order chi connectivity index (χ0) is 17.3. The highest BCUT2D eigenvalue weighted by Gasteiger charge is 2.38. The molecule has 4 amide bonds. The first-order valence-electron chi connectivity index (χ1n) is 8.20. The topological polar surface area (TPSA) is 86.9 Å². The van der Waals surface area contributed by atoms with Crippen molar-refractivity contribution in [1.29, 1.82) is 0 Å². The van der Waals surface area contributed by atoms with Gasteiger partial charge in [-0.2, -0.15) is 0 Å².